The summed E-state index contributed by atoms with van der Waals surface area (Å²) >= 11 is 0. The Balaban J connectivity index is 1.91. The Morgan fingerprint density at radius 1 is 1.28 bits per heavy atom. The fourth-order valence-corrected chi connectivity index (χ4v) is 2.56. The summed E-state index contributed by atoms with van der Waals surface area (Å²) < 4.78 is 45.1. The lowest BCUT2D eigenvalue weighted by atomic mass is 9.98. The lowest BCUT2D eigenvalue weighted by Crippen LogP contribution is -2.44. The highest BCUT2D eigenvalue weighted by atomic mass is 19.4. The first-order chi connectivity index (χ1) is 11.8. The number of nitrogens with one attached hydrogen (secondary N) is 1. The molecule has 1 saturated heterocycles. The number of esters is 1. The van der Waals surface area contributed by atoms with Crippen molar-refractivity contribution in [1.29, 1.82) is 0 Å². The van der Waals surface area contributed by atoms with Gasteiger partial charge in [-0.15, -0.1) is 13.2 Å². The highest BCUT2D eigenvalue weighted by Gasteiger charge is 2.31. The Labute approximate surface area is 142 Å². The Bertz CT molecular complexity index is 604. The molecule has 0 spiro atoms. The number of benzene rings is 1. The molecule has 0 unspecified atom stereocenters. The van der Waals surface area contributed by atoms with Crippen molar-refractivity contribution in [3.8, 4) is 5.75 Å². The third-order valence-corrected chi connectivity index (χ3v) is 3.67. The lowest BCUT2D eigenvalue weighted by molar-refractivity contribution is -0.274. The second-order valence-corrected chi connectivity index (χ2v) is 5.54. The van der Waals surface area contributed by atoms with E-state index in [1.165, 1.54) is 17.0 Å². The van der Waals surface area contributed by atoms with E-state index >= 15 is 0 Å². The van der Waals surface area contributed by atoms with Gasteiger partial charge in [-0.05, 0) is 44.0 Å². The van der Waals surface area contributed by atoms with Gasteiger partial charge in [0, 0.05) is 18.8 Å². The molecule has 1 fully saturated rings. The number of nitrogens with zero attached hydrogens (tertiary/aromatic N) is 1. The Morgan fingerprint density at radius 3 is 2.56 bits per heavy atom. The van der Waals surface area contributed by atoms with Gasteiger partial charge in [-0.2, -0.15) is 0 Å². The monoisotopic (exact) mass is 360 g/mol. The number of halogens is 3. The van der Waals surface area contributed by atoms with Crippen LogP contribution in [0.5, 0.6) is 5.75 Å². The van der Waals surface area contributed by atoms with Crippen LogP contribution < -0.4 is 10.1 Å². The number of hydrogen-bond donors (Lipinski definition) is 1. The fraction of sp³-hybridized carbons (Fsp3) is 0.500. The molecule has 6 nitrogen and oxygen atoms in total. The topological polar surface area (TPSA) is 67.9 Å². The van der Waals surface area contributed by atoms with E-state index in [0.29, 0.717) is 25.1 Å². The predicted molar refractivity (Wildman–Crippen MR) is 83.1 cm³/mol. The van der Waals surface area contributed by atoms with E-state index in [4.69, 9.17) is 4.74 Å². The normalized spacial score (nSPS) is 17.8. The molecular weight excluding hydrogens is 341 g/mol. The number of likely N-dealkylation sites (tertiary alicyclic amines) is 1. The average Bonchev–Trinajstić information content (AvgIpc) is 2.55. The third-order valence-electron chi connectivity index (χ3n) is 3.67. The zero-order chi connectivity index (χ0) is 18.4. The summed E-state index contributed by atoms with van der Waals surface area (Å²) in [5.41, 5.74) is 0.331. The van der Waals surface area contributed by atoms with Gasteiger partial charge in [0.25, 0.3) is 0 Å². The van der Waals surface area contributed by atoms with E-state index in [0.717, 1.165) is 12.1 Å². The highest BCUT2D eigenvalue weighted by Crippen LogP contribution is 2.24. The number of alkyl halides is 3. The predicted octanol–water partition coefficient (Wildman–Crippen LogP) is 3.39. The molecule has 1 aliphatic heterocycles. The zero-order valence-corrected chi connectivity index (χ0v) is 13.6. The molecule has 25 heavy (non-hydrogen) atoms. The molecule has 2 amide bonds. The van der Waals surface area contributed by atoms with Gasteiger partial charge in [0.05, 0.1) is 12.5 Å². The van der Waals surface area contributed by atoms with Crippen molar-refractivity contribution in [3.05, 3.63) is 24.3 Å². The minimum absolute atomic E-state index is 0.250. The van der Waals surface area contributed by atoms with Crippen molar-refractivity contribution in [2.24, 2.45) is 5.92 Å². The molecule has 138 valence electrons. The van der Waals surface area contributed by atoms with Gasteiger partial charge in [-0.25, -0.2) is 4.79 Å². The Kier molecular flexibility index (Phi) is 6.11. The van der Waals surface area contributed by atoms with Gasteiger partial charge in [0.1, 0.15) is 5.75 Å². The van der Waals surface area contributed by atoms with Crippen molar-refractivity contribution in [2.45, 2.75) is 26.1 Å². The second kappa shape index (κ2) is 8.09. The molecule has 0 bridgehead atoms. The van der Waals surface area contributed by atoms with Crippen LogP contribution in [0, 0.1) is 5.92 Å². The summed E-state index contributed by atoms with van der Waals surface area (Å²) in [4.78, 5) is 25.5. The molecule has 1 atom stereocenters. The molecule has 2 rings (SSSR count). The van der Waals surface area contributed by atoms with E-state index in [2.05, 4.69) is 10.1 Å². The second-order valence-electron chi connectivity index (χ2n) is 5.54. The zero-order valence-electron chi connectivity index (χ0n) is 13.6. The first-order valence-electron chi connectivity index (χ1n) is 7.87. The maximum atomic E-state index is 12.3. The molecule has 9 heteroatoms. The number of hydrogen-bond acceptors (Lipinski definition) is 4. The van der Waals surface area contributed by atoms with Crippen LogP contribution in [-0.4, -0.2) is 43.0 Å². The molecule has 1 aliphatic rings. The SMILES string of the molecule is CCOC(=O)[C@@H]1CCCN(C(=O)Nc2ccc(OC(F)(F)F)cc2)C1. The quantitative estimate of drug-likeness (QED) is 0.836. The van der Waals surface area contributed by atoms with Crippen molar-refractivity contribution >= 4 is 17.7 Å². The van der Waals surface area contributed by atoms with Crippen LogP contribution in [0.4, 0.5) is 23.7 Å². The van der Waals surface area contributed by atoms with Gasteiger partial charge < -0.3 is 19.7 Å². The van der Waals surface area contributed by atoms with Crippen LogP contribution in [0.1, 0.15) is 19.8 Å². The molecule has 0 aliphatic carbocycles. The number of urea groups is 1. The van der Waals surface area contributed by atoms with Crippen molar-refractivity contribution in [1.82, 2.24) is 4.90 Å². The van der Waals surface area contributed by atoms with E-state index in [1.807, 2.05) is 0 Å². The van der Waals surface area contributed by atoms with Crippen LogP contribution in [0.25, 0.3) is 0 Å². The van der Waals surface area contributed by atoms with Crippen LogP contribution in [0.2, 0.25) is 0 Å². The lowest BCUT2D eigenvalue weighted by Gasteiger charge is -2.31. The summed E-state index contributed by atoms with van der Waals surface area (Å²) in [6.07, 6.45) is -3.43. The molecule has 0 aromatic heterocycles. The smallest absolute Gasteiger partial charge is 0.466 e. The number of piperidine rings is 1. The largest absolute Gasteiger partial charge is 0.573 e. The number of carbonyl (C=O) groups is 2. The van der Waals surface area contributed by atoms with Crippen molar-refractivity contribution in [3.63, 3.8) is 0 Å². The number of ether oxygens (including phenoxy) is 2. The Hall–Kier alpha value is -2.45. The van der Waals surface area contributed by atoms with Crippen molar-refractivity contribution < 1.29 is 32.2 Å². The molecule has 1 heterocycles. The van der Waals surface area contributed by atoms with Gasteiger partial charge in [-0.1, -0.05) is 0 Å². The molecule has 1 aromatic carbocycles. The van der Waals surface area contributed by atoms with Gasteiger partial charge in [0.2, 0.25) is 0 Å². The maximum absolute atomic E-state index is 12.3. The van der Waals surface area contributed by atoms with Crippen LogP contribution in [0.3, 0.4) is 0 Å². The van der Waals surface area contributed by atoms with E-state index in [1.54, 1.807) is 6.92 Å². The summed E-state index contributed by atoms with van der Waals surface area (Å²) in [6, 6.07) is 4.43. The maximum Gasteiger partial charge on any atom is 0.573 e. The van der Waals surface area contributed by atoms with E-state index < -0.39 is 12.4 Å². The molecule has 0 saturated carbocycles. The van der Waals surface area contributed by atoms with Crippen LogP contribution >= 0.6 is 0 Å². The standard InChI is InChI=1S/C16H19F3N2O4/c1-2-24-14(22)11-4-3-9-21(10-11)15(23)20-12-5-7-13(8-6-12)25-16(17,18)19/h5-8,11H,2-4,9-10H2,1H3,(H,20,23)/t11-/m1/s1. The van der Waals surface area contributed by atoms with Gasteiger partial charge in [-0.3, -0.25) is 4.79 Å². The summed E-state index contributed by atoms with van der Waals surface area (Å²) in [6.45, 7) is 2.75. The molecule has 1 aromatic rings. The Morgan fingerprint density at radius 2 is 1.96 bits per heavy atom. The fourth-order valence-electron chi connectivity index (χ4n) is 2.56. The minimum atomic E-state index is -4.76. The third kappa shape index (κ3) is 5.84. The molecular formula is C16H19F3N2O4. The number of rotatable bonds is 4. The number of carbonyl (C=O) groups excluding carboxylic acids is 2. The number of anilines is 1. The van der Waals surface area contributed by atoms with Crippen LogP contribution in [-0.2, 0) is 9.53 Å². The minimum Gasteiger partial charge on any atom is -0.466 e. The first-order valence-corrected chi connectivity index (χ1v) is 7.87. The number of amides is 2. The van der Waals surface area contributed by atoms with Crippen molar-refractivity contribution in [2.75, 3.05) is 25.0 Å². The molecule has 0 radical (unpaired) electrons. The van der Waals surface area contributed by atoms with Gasteiger partial charge >= 0.3 is 18.4 Å². The summed E-state index contributed by atoms with van der Waals surface area (Å²) in [5, 5.41) is 2.59. The first kappa shape index (κ1) is 18.9. The molecule has 1 N–H and O–H groups in total. The van der Waals surface area contributed by atoms with Gasteiger partial charge in [0.15, 0.2) is 0 Å². The van der Waals surface area contributed by atoms with E-state index in [-0.39, 0.29) is 30.8 Å². The average molecular weight is 360 g/mol. The summed E-state index contributed by atoms with van der Waals surface area (Å²) in [7, 11) is 0. The highest BCUT2D eigenvalue weighted by molar-refractivity contribution is 5.89. The van der Waals surface area contributed by atoms with E-state index in [9.17, 15) is 22.8 Å². The summed E-state index contributed by atoms with van der Waals surface area (Å²) in [5.74, 6) is -1.05. The van der Waals surface area contributed by atoms with Crippen LogP contribution in [0.15, 0.2) is 24.3 Å².